The molecule has 0 amide bonds. The first-order chi connectivity index (χ1) is 11.8. The summed E-state index contributed by atoms with van der Waals surface area (Å²) >= 11 is 0. The zero-order chi connectivity index (χ0) is 16.7. The highest BCUT2D eigenvalue weighted by Crippen LogP contribution is 2.48. The monoisotopic (exact) mass is 346 g/mol. The van der Waals surface area contributed by atoms with Crippen molar-refractivity contribution in [2.24, 2.45) is 11.8 Å². The van der Waals surface area contributed by atoms with E-state index < -0.39 is 7.60 Å². The second-order valence-electron chi connectivity index (χ2n) is 6.73. The summed E-state index contributed by atoms with van der Waals surface area (Å²) < 4.78 is 25.3. The van der Waals surface area contributed by atoms with Gasteiger partial charge >= 0.3 is 7.60 Å². The molecule has 3 rings (SSSR count). The highest BCUT2D eigenvalue weighted by atomic mass is 31.2. The maximum Gasteiger partial charge on any atom is 0.361 e. The van der Waals surface area contributed by atoms with Gasteiger partial charge in [0.1, 0.15) is 0 Å². The molecule has 0 saturated carbocycles. The van der Waals surface area contributed by atoms with Gasteiger partial charge in [-0.3, -0.25) is 4.57 Å². The highest BCUT2D eigenvalue weighted by molar-refractivity contribution is 7.62. The summed E-state index contributed by atoms with van der Waals surface area (Å²) in [6, 6.07) is 9.40. The fraction of sp³-hybridized carbons (Fsp3) is 0.500. The molecule has 1 aromatic rings. The molecule has 130 valence electrons. The molecule has 0 spiro atoms. The summed E-state index contributed by atoms with van der Waals surface area (Å²) in [7, 11) is -3.25. The molecule has 4 heteroatoms. The molecule has 0 fully saturated rings. The SMILES string of the molecule is O=P(OCC1CC=CCC1)(OCC1CC=CCC1)c1ccccc1. The van der Waals surface area contributed by atoms with Gasteiger partial charge in [-0.05, 0) is 62.5 Å². The van der Waals surface area contributed by atoms with Crippen molar-refractivity contribution in [1.29, 1.82) is 0 Å². The Balaban J connectivity index is 1.64. The largest absolute Gasteiger partial charge is 0.361 e. The Kier molecular flexibility index (Phi) is 6.48. The van der Waals surface area contributed by atoms with Gasteiger partial charge in [0.05, 0.1) is 18.5 Å². The first kappa shape index (κ1) is 17.7. The number of hydrogen-bond donors (Lipinski definition) is 0. The van der Waals surface area contributed by atoms with Gasteiger partial charge < -0.3 is 9.05 Å². The molecule has 2 aliphatic rings. The van der Waals surface area contributed by atoms with E-state index in [1.54, 1.807) is 0 Å². The van der Waals surface area contributed by atoms with E-state index in [2.05, 4.69) is 24.3 Å². The Labute approximate surface area is 145 Å². The molecule has 2 unspecified atom stereocenters. The summed E-state index contributed by atoms with van der Waals surface area (Å²) in [5.41, 5.74) is 0. The molecule has 0 heterocycles. The number of allylic oxidation sites excluding steroid dienone is 4. The van der Waals surface area contributed by atoms with Crippen molar-refractivity contribution < 1.29 is 13.6 Å². The molecule has 0 saturated heterocycles. The van der Waals surface area contributed by atoms with Gasteiger partial charge in [0.2, 0.25) is 0 Å². The standard InChI is InChI=1S/C20H27O3P/c21-24(20-14-8-3-9-15-20,22-16-18-10-4-1-5-11-18)23-17-19-12-6-2-7-13-19/h1-4,6,8-9,14-15,18-19H,5,7,10-13,16-17H2. The Morgan fingerprint density at radius 3 is 1.83 bits per heavy atom. The number of hydrogen-bond acceptors (Lipinski definition) is 3. The quantitative estimate of drug-likeness (QED) is 0.499. The lowest BCUT2D eigenvalue weighted by atomic mass is 9.96. The lowest BCUT2D eigenvalue weighted by Gasteiger charge is -2.25. The average molecular weight is 346 g/mol. The van der Waals surface area contributed by atoms with Crippen LogP contribution in [0.5, 0.6) is 0 Å². The van der Waals surface area contributed by atoms with E-state index in [-0.39, 0.29) is 0 Å². The van der Waals surface area contributed by atoms with Gasteiger partial charge in [0.15, 0.2) is 0 Å². The predicted molar refractivity (Wildman–Crippen MR) is 98.5 cm³/mol. The Hall–Kier alpha value is -1.15. The van der Waals surface area contributed by atoms with Crippen LogP contribution in [-0.2, 0) is 13.6 Å². The van der Waals surface area contributed by atoms with Crippen LogP contribution in [-0.4, -0.2) is 13.2 Å². The second-order valence-corrected chi connectivity index (χ2v) is 8.75. The van der Waals surface area contributed by atoms with E-state index in [4.69, 9.17) is 9.05 Å². The van der Waals surface area contributed by atoms with Crippen LogP contribution in [0.4, 0.5) is 0 Å². The molecule has 24 heavy (non-hydrogen) atoms. The summed E-state index contributed by atoms with van der Waals surface area (Å²) in [6.45, 7) is 1.00. The fourth-order valence-corrected chi connectivity index (χ4v) is 4.94. The molecule has 0 bridgehead atoms. The van der Waals surface area contributed by atoms with Crippen LogP contribution in [0.25, 0.3) is 0 Å². The van der Waals surface area contributed by atoms with Crippen LogP contribution in [0.15, 0.2) is 54.6 Å². The second kappa shape index (κ2) is 8.80. The van der Waals surface area contributed by atoms with Gasteiger partial charge in [-0.15, -0.1) is 0 Å². The number of benzene rings is 1. The summed E-state index contributed by atoms with van der Waals surface area (Å²) in [5, 5.41) is 0.669. The molecule has 0 aromatic heterocycles. The van der Waals surface area contributed by atoms with Crippen LogP contribution >= 0.6 is 7.60 Å². The van der Waals surface area contributed by atoms with E-state index in [0.717, 1.165) is 38.5 Å². The third-order valence-corrected chi connectivity index (χ3v) is 6.70. The topological polar surface area (TPSA) is 35.5 Å². The van der Waals surface area contributed by atoms with Crippen LogP contribution < -0.4 is 5.30 Å². The number of rotatable bonds is 7. The van der Waals surface area contributed by atoms with E-state index in [1.165, 1.54) is 0 Å². The van der Waals surface area contributed by atoms with Crippen LogP contribution in [0.1, 0.15) is 38.5 Å². The Morgan fingerprint density at radius 2 is 1.38 bits per heavy atom. The van der Waals surface area contributed by atoms with Gasteiger partial charge in [-0.25, -0.2) is 0 Å². The minimum absolute atomic E-state index is 0.438. The molecule has 1 aromatic carbocycles. The van der Waals surface area contributed by atoms with E-state index in [1.807, 2.05) is 30.3 Å². The van der Waals surface area contributed by atoms with Crippen molar-refractivity contribution >= 4 is 12.9 Å². The van der Waals surface area contributed by atoms with E-state index in [0.29, 0.717) is 30.4 Å². The molecule has 0 radical (unpaired) electrons. The minimum Gasteiger partial charge on any atom is -0.305 e. The van der Waals surface area contributed by atoms with Crippen LogP contribution in [0.3, 0.4) is 0 Å². The first-order valence-corrected chi connectivity index (χ1v) is 10.6. The van der Waals surface area contributed by atoms with Gasteiger partial charge in [0.25, 0.3) is 0 Å². The zero-order valence-corrected chi connectivity index (χ0v) is 15.1. The molecular formula is C20H27O3P. The summed E-state index contributed by atoms with van der Waals surface area (Å²) in [6.07, 6.45) is 15.2. The first-order valence-electron chi connectivity index (χ1n) is 9.01. The minimum atomic E-state index is -3.25. The van der Waals surface area contributed by atoms with Crippen LogP contribution in [0.2, 0.25) is 0 Å². The molecule has 0 N–H and O–H groups in total. The molecule has 3 nitrogen and oxygen atoms in total. The van der Waals surface area contributed by atoms with E-state index in [9.17, 15) is 4.57 Å². The molecule has 2 aliphatic carbocycles. The summed E-state index contributed by atoms with van der Waals surface area (Å²) in [5.74, 6) is 0.876. The van der Waals surface area contributed by atoms with Crippen LogP contribution in [0, 0.1) is 11.8 Å². The Bertz CT molecular complexity index is 577. The van der Waals surface area contributed by atoms with Gasteiger partial charge in [-0.1, -0.05) is 42.5 Å². The maximum absolute atomic E-state index is 13.4. The lowest BCUT2D eigenvalue weighted by Crippen LogP contribution is -2.18. The Morgan fingerprint density at radius 1 is 0.833 bits per heavy atom. The lowest BCUT2D eigenvalue weighted by molar-refractivity contribution is 0.161. The summed E-state index contributed by atoms with van der Waals surface area (Å²) in [4.78, 5) is 0. The fourth-order valence-electron chi connectivity index (χ4n) is 3.22. The van der Waals surface area contributed by atoms with Crippen molar-refractivity contribution in [2.45, 2.75) is 38.5 Å². The maximum atomic E-state index is 13.4. The molecular weight excluding hydrogens is 319 g/mol. The van der Waals surface area contributed by atoms with E-state index >= 15 is 0 Å². The van der Waals surface area contributed by atoms with Gasteiger partial charge in [-0.2, -0.15) is 0 Å². The molecule has 2 atom stereocenters. The third-order valence-electron chi connectivity index (χ3n) is 4.79. The van der Waals surface area contributed by atoms with Crippen molar-refractivity contribution in [3.63, 3.8) is 0 Å². The smallest absolute Gasteiger partial charge is 0.305 e. The van der Waals surface area contributed by atoms with Crippen molar-refractivity contribution in [2.75, 3.05) is 13.2 Å². The third kappa shape index (κ3) is 4.92. The van der Waals surface area contributed by atoms with Crippen molar-refractivity contribution in [3.05, 3.63) is 54.6 Å². The average Bonchev–Trinajstić information content (AvgIpc) is 2.67. The normalized spacial score (nSPS) is 26.2. The van der Waals surface area contributed by atoms with Crippen molar-refractivity contribution in [1.82, 2.24) is 0 Å². The van der Waals surface area contributed by atoms with Crippen molar-refractivity contribution in [3.8, 4) is 0 Å². The highest BCUT2D eigenvalue weighted by Gasteiger charge is 2.30. The zero-order valence-electron chi connectivity index (χ0n) is 14.2. The molecule has 0 aliphatic heterocycles. The van der Waals surface area contributed by atoms with Gasteiger partial charge in [0, 0.05) is 0 Å². The predicted octanol–water partition coefficient (Wildman–Crippen LogP) is 5.25.